The molecule has 0 spiro atoms. The molecule has 0 fully saturated rings. The third-order valence-electron chi connectivity index (χ3n) is 5.63. The lowest BCUT2D eigenvalue weighted by atomic mass is 10.0. The van der Waals surface area contributed by atoms with Gasteiger partial charge in [0.1, 0.15) is 0 Å². The van der Waals surface area contributed by atoms with E-state index in [9.17, 15) is 9.59 Å². The van der Waals surface area contributed by atoms with Gasteiger partial charge in [-0.1, -0.05) is 0 Å². The Morgan fingerprint density at radius 1 is 1.12 bits per heavy atom. The van der Waals surface area contributed by atoms with Crippen molar-refractivity contribution in [1.29, 1.82) is 0 Å². The number of likely N-dealkylation sites (N-methyl/N-ethyl adjacent to an activating group) is 1. The number of nitrogens with zero attached hydrogens (tertiary/aromatic N) is 1. The number of amides is 2. The van der Waals surface area contributed by atoms with Gasteiger partial charge in [0.2, 0.25) is 5.91 Å². The Hall–Kier alpha value is -3.52. The highest BCUT2D eigenvalue weighted by molar-refractivity contribution is 6.31. The molecule has 0 saturated carbocycles. The fourth-order valence-electron chi connectivity index (χ4n) is 3.76. The molecule has 0 bridgehead atoms. The topological polar surface area (TPSA) is 91.9 Å². The number of hydrogen-bond donors (Lipinski definition) is 3. The van der Waals surface area contributed by atoms with Gasteiger partial charge in [0, 0.05) is 54.1 Å². The van der Waals surface area contributed by atoms with Gasteiger partial charge < -0.3 is 30.3 Å². The van der Waals surface area contributed by atoms with Crippen LogP contribution in [0.5, 0.6) is 11.5 Å². The van der Waals surface area contributed by atoms with Crippen LogP contribution < -0.4 is 30.3 Å². The maximum absolute atomic E-state index is 12.6. The highest BCUT2D eigenvalue weighted by atomic mass is 16.5. The number of benzene rings is 2. The lowest BCUT2D eigenvalue weighted by Crippen LogP contribution is -2.40. The molecule has 1 aliphatic heterocycles. The number of rotatable bonds is 9. The first-order valence-electron chi connectivity index (χ1n) is 10.9. The standard InChI is InChI=1S/C25H32N4O4/c1-15(11-21-20-12-23(32-5)24(33-6)13-22(20)28-25(21)31)27-18-7-9-19(10-8-18)29(17(3)30)14-16(2)26-4/h7-13,15-16,26-27H,14H2,1-6H3,(H,28,31). The van der Waals surface area contributed by atoms with Crippen LogP contribution in [0.25, 0.3) is 5.57 Å². The van der Waals surface area contributed by atoms with E-state index in [1.165, 1.54) is 0 Å². The van der Waals surface area contributed by atoms with Crippen molar-refractivity contribution in [3.63, 3.8) is 0 Å². The average molecular weight is 453 g/mol. The van der Waals surface area contributed by atoms with Gasteiger partial charge in [-0.25, -0.2) is 0 Å². The van der Waals surface area contributed by atoms with Crippen LogP contribution in [0.3, 0.4) is 0 Å². The maximum Gasteiger partial charge on any atom is 0.256 e. The van der Waals surface area contributed by atoms with E-state index < -0.39 is 0 Å². The lowest BCUT2D eigenvalue weighted by Gasteiger charge is -2.25. The van der Waals surface area contributed by atoms with Crippen LogP contribution in [0.2, 0.25) is 0 Å². The third-order valence-corrected chi connectivity index (χ3v) is 5.63. The van der Waals surface area contributed by atoms with Gasteiger partial charge in [0.05, 0.1) is 19.9 Å². The summed E-state index contributed by atoms with van der Waals surface area (Å²) in [6.07, 6.45) is 1.89. The molecule has 3 N–H and O–H groups in total. The minimum Gasteiger partial charge on any atom is -0.493 e. The predicted molar refractivity (Wildman–Crippen MR) is 132 cm³/mol. The van der Waals surface area contributed by atoms with E-state index >= 15 is 0 Å². The molecule has 2 aromatic carbocycles. The molecule has 8 heteroatoms. The Kier molecular flexibility index (Phi) is 7.60. The molecule has 2 unspecified atom stereocenters. The van der Waals surface area contributed by atoms with Crippen molar-refractivity contribution in [2.24, 2.45) is 0 Å². The number of anilines is 3. The summed E-state index contributed by atoms with van der Waals surface area (Å²) in [6, 6.07) is 11.3. The van der Waals surface area contributed by atoms with E-state index in [1.54, 1.807) is 32.1 Å². The van der Waals surface area contributed by atoms with Gasteiger partial charge in [0.15, 0.2) is 11.5 Å². The van der Waals surface area contributed by atoms with Crippen LogP contribution in [-0.4, -0.2) is 51.7 Å². The number of hydrogen-bond acceptors (Lipinski definition) is 6. The Bertz CT molecular complexity index is 1050. The van der Waals surface area contributed by atoms with Crippen LogP contribution in [-0.2, 0) is 9.59 Å². The molecule has 33 heavy (non-hydrogen) atoms. The molecular formula is C25H32N4O4. The van der Waals surface area contributed by atoms with Crippen LogP contribution >= 0.6 is 0 Å². The van der Waals surface area contributed by atoms with Crippen molar-refractivity contribution in [3.8, 4) is 11.5 Å². The maximum atomic E-state index is 12.6. The van der Waals surface area contributed by atoms with Crippen molar-refractivity contribution in [2.75, 3.05) is 43.3 Å². The molecular weight excluding hydrogens is 420 g/mol. The Morgan fingerprint density at radius 3 is 2.33 bits per heavy atom. The summed E-state index contributed by atoms with van der Waals surface area (Å²) in [5, 5.41) is 9.43. The summed E-state index contributed by atoms with van der Waals surface area (Å²) in [5.74, 6) is 0.958. The van der Waals surface area contributed by atoms with Gasteiger partial charge in [-0.05, 0) is 57.3 Å². The Morgan fingerprint density at radius 2 is 1.76 bits per heavy atom. The van der Waals surface area contributed by atoms with Gasteiger partial charge in [-0.3, -0.25) is 9.59 Å². The summed E-state index contributed by atoms with van der Waals surface area (Å²) < 4.78 is 10.7. The SMILES string of the molecule is CNC(C)CN(C(C)=O)c1ccc(NC(C)C=C2C(=O)Nc3cc(OC)c(OC)cc32)cc1. The fraction of sp³-hybridized carbons (Fsp3) is 0.360. The Balaban J connectivity index is 1.77. The van der Waals surface area contributed by atoms with E-state index in [-0.39, 0.29) is 23.9 Å². The predicted octanol–water partition coefficient (Wildman–Crippen LogP) is 3.50. The summed E-state index contributed by atoms with van der Waals surface area (Å²) in [5.41, 5.74) is 3.77. The molecule has 176 valence electrons. The number of nitrogens with one attached hydrogen (secondary N) is 3. The zero-order valence-corrected chi connectivity index (χ0v) is 20.0. The highest BCUT2D eigenvalue weighted by Gasteiger charge is 2.27. The first-order valence-corrected chi connectivity index (χ1v) is 10.9. The third kappa shape index (κ3) is 5.46. The van der Waals surface area contributed by atoms with Crippen molar-refractivity contribution >= 4 is 34.4 Å². The van der Waals surface area contributed by atoms with E-state index in [1.807, 2.05) is 57.3 Å². The quantitative estimate of drug-likeness (QED) is 0.505. The molecule has 0 radical (unpaired) electrons. The molecule has 0 aromatic heterocycles. The number of methoxy groups -OCH3 is 2. The second-order valence-corrected chi connectivity index (χ2v) is 8.09. The molecule has 1 aliphatic rings. The van der Waals surface area contributed by atoms with Crippen molar-refractivity contribution in [3.05, 3.63) is 48.0 Å². The first kappa shape index (κ1) is 24.1. The van der Waals surface area contributed by atoms with Crippen molar-refractivity contribution in [1.82, 2.24) is 5.32 Å². The zero-order valence-electron chi connectivity index (χ0n) is 20.0. The minimum atomic E-state index is -0.167. The molecule has 8 nitrogen and oxygen atoms in total. The van der Waals surface area contributed by atoms with E-state index in [2.05, 4.69) is 16.0 Å². The average Bonchev–Trinajstić information content (AvgIpc) is 3.10. The summed E-state index contributed by atoms with van der Waals surface area (Å²) >= 11 is 0. The second kappa shape index (κ2) is 10.4. The van der Waals surface area contributed by atoms with Crippen LogP contribution in [0.15, 0.2) is 42.5 Å². The largest absolute Gasteiger partial charge is 0.493 e. The van der Waals surface area contributed by atoms with Gasteiger partial charge in [0.25, 0.3) is 5.91 Å². The highest BCUT2D eigenvalue weighted by Crippen LogP contribution is 2.40. The number of carbonyl (C=O) groups is 2. The molecule has 1 heterocycles. The summed E-state index contributed by atoms with van der Waals surface area (Å²) in [7, 11) is 5.01. The number of carbonyl (C=O) groups excluding carboxylic acids is 2. The fourth-order valence-corrected chi connectivity index (χ4v) is 3.76. The zero-order chi connectivity index (χ0) is 24.1. The normalized spacial score (nSPS) is 15.5. The van der Waals surface area contributed by atoms with E-state index in [0.29, 0.717) is 29.3 Å². The van der Waals surface area contributed by atoms with Crippen LogP contribution in [0.1, 0.15) is 26.3 Å². The molecule has 2 aromatic rings. The van der Waals surface area contributed by atoms with Crippen molar-refractivity contribution in [2.45, 2.75) is 32.9 Å². The van der Waals surface area contributed by atoms with Gasteiger partial charge in [-0.2, -0.15) is 0 Å². The first-order chi connectivity index (χ1) is 15.8. The lowest BCUT2D eigenvalue weighted by molar-refractivity contribution is -0.116. The summed E-state index contributed by atoms with van der Waals surface area (Å²) in [6.45, 7) is 6.16. The number of fused-ring (bicyclic) bond motifs is 1. The number of ether oxygens (including phenoxy) is 2. The monoisotopic (exact) mass is 452 g/mol. The smallest absolute Gasteiger partial charge is 0.256 e. The van der Waals surface area contributed by atoms with Crippen LogP contribution in [0.4, 0.5) is 17.1 Å². The van der Waals surface area contributed by atoms with Gasteiger partial charge in [-0.15, -0.1) is 0 Å². The van der Waals surface area contributed by atoms with E-state index in [4.69, 9.17) is 9.47 Å². The molecule has 2 amide bonds. The van der Waals surface area contributed by atoms with Crippen molar-refractivity contribution < 1.29 is 19.1 Å². The molecule has 0 saturated heterocycles. The summed E-state index contributed by atoms with van der Waals surface area (Å²) in [4.78, 5) is 26.4. The van der Waals surface area contributed by atoms with E-state index in [0.717, 1.165) is 16.9 Å². The molecule has 2 atom stereocenters. The Labute approximate surface area is 194 Å². The molecule has 0 aliphatic carbocycles. The van der Waals surface area contributed by atoms with Crippen LogP contribution in [0, 0.1) is 0 Å². The second-order valence-electron chi connectivity index (χ2n) is 8.09. The minimum absolute atomic E-state index is 0.00567. The molecule has 3 rings (SSSR count). The van der Waals surface area contributed by atoms with Gasteiger partial charge >= 0.3 is 0 Å².